The van der Waals surface area contributed by atoms with E-state index < -0.39 is 0 Å². The summed E-state index contributed by atoms with van der Waals surface area (Å²) < 4.78 is 3.88. The SMILES string of the molecule is O=c1c2cscc2n(-c2ccccc2)c2c1nnn2Cc1ccccc1. The van der Waals surface area contributed by atoms with Crippen molar-refractivity contribution in [1.82, 2.24) is 19.6 Å². The summed E-state index contributed by atoms with van der Waals surface area (Å²) in [5.74, 6) is 0. The Morgan fingerprint density at radius 1 is 0.923 bits per heavy atom. The first kappa shape index (κ1) is 15.0. The minimum absolute atomic E-state index is 0.0669. The van der Waals surface area contributed by atoms with E-state index in [-0.39, 0.29) is 5.43 Å². The van der Waals surface area contributed by atoms with Crippen LogP contribution in [-0.4, -0.2) is 19.6 Å². The van der Waals surface area contributed by atoms with Crippen molar-refractivity contribution in [3.05, 3.63) is 87.2 Å². The monoisotopic (exact) mass is 358 g/mol. The Labute approximate surface area is 152 Å². The first-order valence-electron chi connectivity index (χ1n) is 8.26. The molecule has 0 unspecified atom stereocenters. The van der Waals surface area contributed by atoms with Crippen molar-refractivity contribution in [2.45, 2.75) is 6.54 Å². The standard InChI is InChI=1S/C20H14N4OS/c25-19-16-12-26-13-17(16)24(15-9-5-2-6-10-15)20-18(19)21-22-23(20)11-14-7-3-1-4-8-14/h1-10,12-13H,11H2. The number of hydrogen-bond acceptors (Lipinski definition) is 4. The number of rotatable bonds is 3. The summed E-state index contributed by atoms with van der Waals surface area (Å²) in [7, 11) is 0. The lowest BCUT2D eigenvalue weighted by molar-refractivity contribution is 0.660. The van der Waals surface area contributed by atoms with E-state index in [0.29, 0.717) is 17.4 Å². The van der Waals surface area contributed by atoms with Crippen LogP contribution in [0.25, 0.3) is 27.8 Å². The molecule has 5 nitrogen and oxygen atoms in total. The summed E-state index contributed by atoms with van der Waals surface area (Å²) in [6.07, 6.45) is 0. The molecule has 0 fully saturated rings. The maximum atomic E-state index is 12.9. The fourth-order valence-electron chi connectivity index (χ4n) is 3.25. The molecule has 0 spiro atoms. The Morgan fingerprint density at radius 2 is 1.65 bits per heavy atom. The van der Waals surface area contributed by atoms with Gasteiger partial charge in [0, 0.05) is 16.4 Å². The van der Waals surface area contributed by atoms with Gasteiger partial charge in [0.2, 0.25) is 5.43 Å². The lowest BCUT2D eigenvalue weighted by Crippen LogP contribution is -2.12. The molecular weight excluding hydrogens is 344 g/mol. The zero-order valence-electron chi connectivity index (χ0n) is 13.7. The molecule has 3 aromatic heterocycles. The fraction of sp³-hybridized carbons (Fsp3) is 0.0500. The molecule has 3 heterocycles. The molecule has 2 aromatic carbocycles. The predicted octanol–water partition coefficient (Wildman–Crippen LogP) is 3.85. The molecule has 26 heavy (non-hydrogen) atoms. The highest BCUT2D eigenvalue weighted by Gasteiger charge is 2.18. The van der Waals surface area contributed by atoms with Crippen molar-refractivity contribution in [3.8, 4) is 5.69 Å². The molecule has 0 saturated carbocycles. The highest BCUT2D eigenvalue weighted by atomic mass is 32.1. The second-order valence-electron chi connectivity index (χ2n) is 6.08. The van der Waals surface area contributed by atoms with Crippen LogP contribution in [0.4, 0.5) is 0 Å². The van der Waals surface area contributed by atoms with Crippen LogP contribution >= 0.6 is 11.3 Å². The number of para-hydroxylation sites is 1. The number of thiophene rings is 1. The molecule has 0 N–H and O–H groups in total. The minimum atomic E-state index is -0.0669. The largest absolute Gasteiger partial charge is 0.292 e. The average molecular weight is 358 g/mol. The zero-order valence-corrected chi connectivity index (χ0v) is 14.6. The fourth-order valence-corrected chi connectivity index (χ4v) is 4.05. The van der Waals surface area contributed by atoms with Crippen LogP contribution in [-0.2, 0) is 6.54 Å². The van der Waals surface area contributed by atoms with Gasteiger partial charge < -0.3 is 0 Å². The van der Waals surface area contributed by atoms with E-state index >= 15 is 0 Å². The first-order chi connectivity index (χ1) is 12.8. The smallest absolute Gasteiger partial charge is 0.220 e. The number of benzene rings is 2. The molecule has 0 aliphatic carbocycles. The van der Waals surface area contributed by atoms with Gasteiger partial charge in [-0.15, -0.1) is 16.4 Å². The molecule has 0 amide bonds. The average Bonchev–Trinajstić information content (AvgIpc) is 3.32. The first-order valence-corrected chi connectivity index (χ1v) is 9.20. The molecule has 0 saturated heterocycles. The van der Waals surface area contributed by atoms with E-state index in [4.69, 9.17) is 0 Å². The van der Waals surface area contributed by atoms with Crippen molar-refractivity contribution in [3.63, 3.8) is 0 Å². The molecule has 0 radical (unpaired) electrons. The van der Waals surface area contributed by atoms with Crippen LogP contribution < -0.4 is 5.43 Å². The summed E-state index contributed by atoms with van der Waals surface area (Å²) in [4.78, 5) is 12.9. The molecule has 5 aromatic rings. The van der Waals surface area contributed by atoms with Gasteiger partial charge in [-0.2, -0.15) is 0 Å². The third kappa shape index (κ3) is 2.27. The van der Waals surface area contributed by atoms with Crippen LogP contribution in [0, 0.1) is 0 Å². The van der Waals surface area contributed by atoms with Gasteiger partial charge in [0.25, 0.3) is 0 Å². The van der Waals surface area contributed by atoms with E-state index in [2.05, 4.69) is 14.9 Å². The molecule has 0 aliphatic rings. The highest BCUT2D eigenvalue weighted by Crippen LogP contribution is 2.25. The minimum Gasteiger partial charge on any atom is -0.292 e. The Bertz CT molecular complexity index is 1270. The Balaban J connectivity index is 1.86. The van der Waals surface area contributed by atoms with Crippen molar-refractivity contribution in [2.75, 3.05) is 0 Å². The predicted molar refractivity (Wildman–Crippen MR) is 104 cm³/mol. The van der Waals surface area contributed by atoms with Gasteiger partial charge in [-0.3, -0.25) is 9.36 Å². The molecule has 126 valence electrons. The lowest BCUT2D eigenvalue weighted by atomic mass is 10.2. The van der Waals surface area contributed by atoms with Gasteiger partial charge in [-0.05, 0) is 17.7 Å². The van der Waals surface area contributed by atoms with E-state index in [9.17, 15) is 4.79 Å². The molecule has 0 atom stereocenters. The summed E-state index contributed by atoms with van der Waals surface area (Å²) in [5, 5.41) is 13.1. The maximum Gasteiger partial charge on any atom is 0.220 e. The second-order valence-corrected chi connectivity index (χ2v) is 6.82. The van der Waals surface area contributed by atoms with Crippen molar-refractivity contribution < 1.29 is 0 Å². The van der Waals surface area contributed by atoms with Gasteiger partial charge in [-0.25, -0.2) is 4.68 Å². The van der Waals surface area contributed by atoms with Gasteiger partial charge >= 0.3 is 0 Å². The zero-order chi connectivity index (χ0) is 17.5. The quantitative estimate of drug-likeness (QED) is 0.492. The van der Waals surface area contributed by atoms with E-state index in [1.807, 2.05) is 71.4 Å². The van der Waals surface area contributed by atoms with Crippen LogP contribution in [0.2, 0.25) is 0 Å². The summed E-state index contributed by atoms with van der Waals surface area (Å²) in [6, 6.07) is 20.1. The van der Waals surface area contributed by atoms with Crippen LogP contribution in [0.1, 0.15) is 5.56 Å². The topological polar surface area (TPSA) is 52.7 Å². The number of nitrogens with zero attached hydrogens (tertiary/aromatic N) is 4. The number of aromatic nitrogens is 4. The van der Waals surface area contributed by atoms with Crippen molar-refractivity contribution >= 4 is 33.4 Å². The third-order valence-electron chi connectivity index (χ3n) is 4.45. The summed E-state index contributed by atoms with van der Waals surface area (Å²) in [6.45, 7) is 0.555. The Kier molecular flexibility index (Phi) is 3.43. The van der Waals surface area contributed by atoms with E-state index in [1.165, 1.54) is 11.3 Å². The Hall–Kier alpha value is -3.25. The van der Waals surface area contributed by atoms with Crippen molar-refractivity contribution in [2.24, 2.45) is 0 Å². The van der Waals surface area contributed by atoms with Gasteiger partial charge in [0.15, 0.2) is 11.2 Å². The second kappa shape index (κ2) is 5.93. The van der Waals surface area contributed by atoms with Crippen LogP contribution in [0.5, 0.6) is 0 Å². The number of fused-ring (bicyclic) bond motifs is 2. The molecular formula is C20H14N4OS. The third-order valence-corrected chi connectivity index (χ3v) is 5.18. The highest BCUT2D eigenvalue weighted by molar-refractivity contribution is 7.09. The molecule has 6 heteroatoms. The van der Waals surface area contributed by atoms with Crippen LogP contribution in [0.15, 0.2) is 76.2 Å². The van der Waals surface area contributed by atoms with Crippen LogP contribution in [0.3, 0.4) is 0 Å². The van der Waals surface area contributed by atoms with Gasteiger partial charge in [0.05, 0.1) is 17.4 Å². The van der Waals surface area contributed by atoms with E-state index in [0.717, 1.165) is 22.4 Å². The van der Waals surface area contributed by atoms with Crippen molar-refractivity contribution in [1.29, 1.82) is 0 Å². The number of pyridine rings is 1. The van der Waals surface area contributed by atoms with Gasteiger partial charge in [-0.1, -0.05) is 53.7 Å². The molecule has 5 rings (SSSR count). The molecule has 0 bridgehead atoms. The molecule has 0 aliphatic heterocycles. The summed E-state index contributed by atoms with van der Waals surface area (Å²) >= 11 is 1.52. The lowest BCUT2D eigenvalue weighted by Gasteiger charge is -2.13. The van der Waals surface area contributed by atoms with E-state index in [1.54, 1.807) is 4.68 Å². The summed E-state index contributed by atoms with van der Waals surface area (Å²) in [5.41, 5.74) is 4.03. The normalized spacial score (nSPS) is 11.4. The number of hydrogen-bond donors (Lipinski definition) is 0. The van der Waals surface area contributed by atoms with Gasteiger partial charge in [0.1, 0.15) is 0 Å². The Morgan fingerprint density at radius 3 is 2.42 bits per heavy atom. The maximum absolute atomic E-state index is 12.9.